The second kappa shape index (κ2) is 6.80. The molecule has 1 aromatic heterocycles. The van der Waals surface area contributed by atoms with Crippen molar-refractivity contribution in [3.05, 3.63) is 21.4 Å². The van der Waals surface area contributed by atoms with Crippen LogP contribution in [0, 0.1) is 6.92 Å². The summed E-state index contributed by atoms with van der Waals surface area (Å²) in [5.41, 5.74) is 1.33. The number of carbonyl (C=O) groups is 1. The Balaban J connectivity index is 2.72. The fourth-order valence-corrected chi connectivity index (χ4v) is 2.87. The summed E-state index contributed by atoms with van der Waals surface area (Å²) in [4.78, 5) is 14.2. The van der Waals surface area contributed by atoms with E-state index >= 15 is 0 Å². The van der Waals surface area contributed by atoms with Gasteiger partial charge < -0.3 is 5.32 Å². The maximum absolute atomic E-state index is 12.0. The first kappa shape index (κ1) is 14.2. The summed E-state index contributed by atoms with van der Waals surface area (Å²) in [5.74, 6) is 0.0918. The zero-order chi connectivity index (χ0) is 12.8. The number of hydrogen-bond donors (Lipinski definition) is 1. The molecule has 0 saturated heterocycles. The highest BCUT2D eigenvalue weighted by molar-refractivity contribution is 7.14. The molecule has 96 valence electrons. The quantitative estimate of drug-likeness (QED) is 0.817. The van der Waals surface area contributed by atoms with Crippen molar-refractivity contribution in [2.45, 2.75) is 59.4 Å². The number of thiophene rings is 1. The second-order valence-electron chi connectivity index (χ2n) is 4.43. The Morgan fingerprint density at radius 1 is 1.35 bits per heavy atom. The molecule has 0 bridgehead atoms. The Hall–Kier alpha value is -0.830. The van der Waals surface area contributed by atoms with E-state index in [1.54, 1.807) is 11.3 Å². The molecule has 0 unspecified atom stereocenters. The number of amides is 1. The number of aryl methyl sites for hydroxylation is 2. The Labute approximate surface area is 108 Å². The van der Waals surface area contributed by atoms with E-state index in [9.17, 15) is 4.79 Å². The largest absolute Gasteiger partial charge is 0.349 e. The van der Waals surface area contributed by atoms with Gasteiger partial charge in [0.05, 0.1) is 4.88 Å². The average molecular weight is 253 g/mol. The van der Waals surface area contributed by atoms with Gasteiger partial charge in [0, 0.05) is 10.9 Å². The molecule has 2 nitrogen and oxygen atoms in total. The highest BCUT2D eigenvalue weighted by Gasteiger charge is 2.14. The van der Waals surface area contributed by atoms with Crippen molar-refractivity contribution < 1.29 is 4.79 Å². The van der Waals surface area contributed by atoms with Gasteiger partial charge in [0.1, 0.15) is 0 Å². The van der Waals surface area contributed by atoms with Crippen LogP contribution in [0.1, 0.15) is 60.1 Å². The molecule has 1 amide bonds. The van der Waals surface area contributed by atoms with Gasteiger partial charge in [-0.15, -0.1) is 11.3 Å². The lowest BCUT2D eigenvalue weighted by Crippen LogP contribution is -2.33. The minimum Gasteiger partial charge on any atom is -0.349 e. The average Bonchev–Trinajstić information content (AvgIpc) is 2.68. The van der Waals surface area contributed by atoms with Crippen molar-refractivity contribution in [2.75, 3.05) is 0 Å². The number of carbonyl (C=O) groups excluding carboxylic acids is 1. The maximum Gasteiger partial charge on any atom is 0.261 e. The Bertz CT molecular complexity index is 366. The van der Waals surface area contributed by atoms with E-state index in [-0.39, 0.29) is 5.91 Å². The number of hydrogen-bond acceptors (Lipinski definition) is 2. The summed E-state index contributed by atoms with van der Waals surface area (Å²) >= 11 is 1.61. The normalized spacial score (nSPS) is 10.9. The molecule has 0 aliphatic carbocycles. The third-order valence-corrected chi connectivity index (χ3v) is 4.18. The van der Waals surface area contributed by atoms with Crippen LogP contribution >= 0.6 is 11.3 Å². The van der Waals surface area contributed by atoms with Crippen LogP contribution in [-0.4, -0.2) is 11.9 Å². The van der Waals surface area contributed by atoms with E-state index in [4.69, 9.17) is 0 Å². The van der Waals surface area contributed by atoms with Crippen LogP contribution < -0.4 is 5.32 Å². The van der Waals surface area contributed by atoms with Crippen LogP contribution in [0.15, 0.2) is 6.07 Å². The summed E-state index contributed by atoms with van der Waals surface area (Å²) in [6.45, 7) is 8.48. The summed E-state index contributed by atoms with van der Waals surface area (Å²) in [7, 11) is 0. The summed E-state index contributed by atoms with van der Waals surface area (Å²) in [6, 6.07) is 2.36. The summed E-state index contributed by atoms with van der Waals surface area (Å²) in [5, 5.41) is 3.09. The molecule has 0 fully saturated rings. The topological polar surface area (TPSA) is 29.1 Å². The molecule has 0 atom stereocenters. The zero-order valence-corrected chi connectivity index (χ0v) is 12.1. The van der Waals surface area contributed by atoms with Crippen LogP contribution in [0.2, 0.25) is 0 Å². The monoisotopic (exact) mass is 253 g/mol. The Kier molecular flexibility index (Phi) is 5.69. The lowest BCUT2D eigenvalue weighted by Gasteiger charge is -2.13. The Morgan fingerprint density at radius 2 is 2.00 bits per heavy atom. The van der Waals surface area contributed by atoms with Crippen molar-refractivity contribution >= 4 is 17.2 Å². The highest BCUT2D eigenvalue weighted by atomic mass is 32.1. The minimum absolute atomic E-state index is 0.0918. The molecule has 1 rings (SSSR count). The molecular weight excluding hydrogens is 230 g/mol. The maximum atomic E-state index is 12.0. The molecule has 3 heteroatoms. The molecule has 1 heterocycles. The van der Waals surface area contributed by atoms with E-state index in [2.05, 4.69) is 39.1 Å². The first-order valence-corrected chi connectivity index (χ1v) is 7.34. The fraction of sp³-hybridized carbons (Fsp3) is 0.643. The van der Waals surface area contributed by atoms with E-state index in [0.717, 1.165) is 30.6 Å². The molecule has 0 aliphatic heterocycles. The zero-order valence-electron chi connectivity index (χ0n) is 11.3. The predicted molar refractivity (Wildman–Crippen MR) is 74.9 cm³/mol. The first-order valence-electron chi connectivity index (χ1n) is 6.52. The van der Waals surface area contributed by atoms with Gasteiger partial charge >= 0.3 is 0 Å². The smallest absolute Gasteiger partial charge is 0.261 e. The molecule has 0 radical (unpaired) electrons. The molecule has 17 heavy (non-hydrogen) atoms. The Morgan fingerprint density at radius 3 is 2.53 bits per heavy atom. The fourth-order valence-electron chi connectivity index (χ4n) is 1.90. The van der Waals surface area contributed by atoms with Gasteiger partial charge in [0.15, 0.2) is 0 Å². The van der Waals surface area contributed by atoms with E-state index in [1.165, 1.54) is 10.4 Å². The van der Waals surface area contributed by atoms with E-state index in [1.807, 2.05) is 0 Å². The summed E-state index contributed by atoms with van der Waals surface area (Å²) < 4.78 is 0. The SMILES string of the molecule is CCCc1cc(C(=O)NC(CC)CC)sc1C. The molecule has 0 aromatic carbocycles. The van der Waals surface area contributed by atoms with Gasteiger partial charge in [-0.05, 0) is 37.8 Å². The second-order valence-corrected chi connectivity index (χ2v) is 5.69. The van der Waals surface area contributed by atoms with Crippen LogP contribution in [0.3, 0.4) is 0 Å². The minimum atomic E-state index is 0.0918. The highest BCUT2D eigenvalue weighted by Crippen LogP contribution is 2.23. The number of nitrogens with one attached hydrogen (secondary N) is 1. The van der Waals surface area contributed by atoms with Gasteiger partial charge in [-0.2, -0.15) is 0 Å². The molecule has 1 N–H and O–H groups in total. The third kappa shape index (κ3) is 3.84. The molecular formula is C14H23NOS. The van der Waals surface area contributed by atoms with Crippen molar-refractivity contribution in [3.63, 3.8) is 0 Å². The first-order chi connectivity index (χ1) is 8.12. The van der Waals surface area contributed by atoms with Crippen molar-refractivity contribution in [1.82, 2.24) is 5.32 Å². The van der Waals surface area contributed by atoms with Gasteiger partial charge in [-0.25, -0.2) is 0 Å². The molecule has 0 spiro atoms. The number of rotatable bonds is 6. The lowest BCUT2D eigenvalue weighted by molar-refractivity contribution is 0.0939. The molecule has 0 aliphatic rings. The van der Waals surface area contributed by atoms with Gasteiger partial charge in [-0.3, -0.25) is 4.79 Å². The third-order valence-electron chi connectivity index (χ3n) is 3.08. The van der Waals surface area contributed by atoms with Crippen LogP contribution in [0.25, 0.3) is 0 Å². The van der Waals surface area contributed by atoms with Gasteiger partial charge in [-0.1, -0.05) is 27.2 Å². The lowest BCUT2D eigenvalue weighted by atomic mass is 10.1. The van der Waals surface area contributed by atoms with Crippen molar-refractivity contribution in [3.8, 4) is 0 Å². The predicted octanol–water partition coefficient (Wildman–Crippen LogP) is 3.93. The van der Waals surface area contributed by atoms with E-state index in [0.29, 0.717) is 6.04 Å². The van der Waals surface area contributed by atoms with Gasteiger partial charge in [0.2, 0.25) is 0 Å². The van der Waals surface area contributed by atoms with E-state index < -0.39 is 0 Å². The standard InChI is InChI=1S/C14H23NOS/c1-5-8-11-9-13(17-10(11)4)14(16)15-12(6-2)7-3/h9,12H,5-8H2,1-4H3,(H,15,16). The molecule has 1 aromatic rings. The van der Waals surface area contributed by atoms with Crippen LogP contribution in [-0.2, 0) is 6.42 Å². The van der Waals surface area contributed by atoms with Crippen molar-refractivity contribution in [2.24, 2.45) is 0 Å². The van der Waals surface area contributed by atoms with Crippen LogP contribution in [0.4, 0.5) is 0 Å². The molecule has 0 saturated carbocycles. The van der Waals surface area contributed by atoms with Crippen molar-refractivity contribution in [1.29, 1.82) is 0 Å². The summed E-state index contributed by atoms with van der Waals surface area (Å²) in [6.07, 6.45) is 4.19. The van der Waals surface area contributed by atoms with Crippen LogP contribution in [0.5, 0.6) is 0 Å². The van der Waals surface area contributed by atoms with Gasteiger partial charge in [0.25, 0.3) is 5.91 Å².